The summed E-state index contributed by atoms with van der Waals surface area (Å²) in [5, 5.41) is 1.83. The fraction of sp³-hybridized carbons (Fsp3) is 1.00. The van der Waals surface area contributed by atoms with Crippen LogP contribution in [0.15, 0.2) is 0 Å². The summed E-state index contributed by atoms with van der Waals surface area (Å²) in [6, 6.07) is 0.336. The highest BCUT2D eigenvalue weighted by Gasteiger charge is 1.96. The van der Waals surface area contributed by atoms with E-state index in [2.05, 4.69) is 0 Å². The molecular weight excluding hydrogens is 140 g/mol. The standard InChI is InChI=1S/C8H20N2O/c1-8(9)6-4-5-7-10(2)11-3/h8H,4-7,9H2,1-3H3. The zero-order chi connectivity index (χ0) is 8.69. The second-order valence-electron chi connectivity index (χ2n) is 3.01. The molecule has 3 nitrogen and oxygen atoms in total. The summed E-state index contributed by atoms with van der Waals surface area (Å²) in [6.45, 7) is 3.03. The number of nitrogens with zero attached hydrogens (tertiary/aromatic N) is 1. The van der Waals surface area contributed by atoms with Crippen LogP contribution in [0.1, 0.15) is 26.2 Å². The molecule has 0 radical (unpaired) electrons. The average Bonchev–Trinajstić information content (AvgIpc) is 1.97. The van der Waals surface area contributed by atoms with Gasteiger partial charge < -0.3 is 10.6 Å². The largest absolute Gasteiger partial charge is 0.328 e. The number of unbranched alkanes of at least 4 members (excludes halogenated alkanes) is 1. The molecule has 0 aromatic carbocycles. The Labute approximate surface area is 69.5 Å². The van der Waals surface area contributed by atoms with Crippen LogP contribution in [0.25, 0.3) is 0 Å². The van der Waals surface area contributed by atoms with Crippen LogP contribution in [0, 0.1) is 0 Å². The monoisotopic (exact) mass is 160 g/mol. The lowest BCUT2D eigenvalue weighted by atomic mass is 10.1. The minimum absolute atomic E-state index is 0.336. The molecule has 0 saturated carbocycles. The highest BCUT2D eigenvalue weighted by molar-refractivity contribution is 4.53. The molecule has 0 aromatic rings. The summed E-state index contributed by atoms with van der Waals surface area (Å²) in [4.78, 5) is 4.96. The van der Waals surface area contributed by atoms with Crippen LogP contribution in [0.3, 0.4) is 0 Å². The topological polar surface area (TPSA) is 38.5 Å². The molecular formula is C8H20N2O. The minimum atomic E-state index is 0.336. The first-order chi connectivity index (χ1) is 5.16. The van der Waals surface area contributed by atoms with Gasteiger partial charge in [-0.25, -0.2) is 0 Å². The Bertz CT molecular complexity index is 86.2. The smallest absolute Gasteiger partial charge is 0.0575 e. The first-order valence-electron chi connectivity index (χ1n) is 4.17. The number of hydrogen-bond acceptors (Lipinski definition) is 3. The quantitative estimate of drug-likeness (QED) is 0.465. The molecule has 1 atom stereocenters. The molecule has 0 fully saturated rings. The summed E-state index contributed by atoms with van der Waals surface area (Å²) in [7, 11) is 3.62. The van der Waals surface area contributed by atoms with Gasteiger partial charge in [-0.05, 0) is 19.8 Å². The van der Waals surface area contributed by atoms with E-state index in [1.807, 2.05) is 19.0 Å². The normalized spacial score (nSPS) is 13.9. The van der Waals surface area contributed by atoms with Crippen LogP contribution < -0.4 is 5.73 Å². The van der Waals surface area contributed by atoms with Crippen molar-refractivity contribution in [3.63, 3.8) is 0 Å². The van der Waals surface area contributed by atoms with Crippen molar-refractivity contribution in [3.05, 3.63) is 0 Å². The summed E-state index contributed by atoms with van der Waals surface area (Å²) in [5.41, 5.74) is 5.60. The molecule has 2 N–H and O–H groups in total. The van der Waals surface area contributed by atoms with Crippen LogP contribution in [-0.2, 0) is 4.84 Å². The SMILES string of the molecule is CON(C)CCCCC(C)N. The van der Waals surface area contributed by atoms with Crippen molar-refractivity contribution < 1.29 is 4.84 Å². The van der Waals surface area contributed by atoms with Crippen LogP contribution in [0.5, 0.6) is 0 Å². The van der Waals surface area contributed by atoms with E-state index in [9.17, 15) is 0 Å². The van der Waals surface area contributed by atoms with Crippen LogP contribution in [0.4, 0.5) is 0 Å². The molecule has 0 bridgehead atoms. The molecule has 0 saturated heterocycles. The van der Waals surface area contributed by atoms with Gasteiger partial charge in [0.15, 0.2) is 0 Å². The van der Waals surface area contributed by atoms with Crippen molar-refractivity contribution >= 4 is 0 Å². The molecule has 0 aliphatic carbocycles. The maximum absolute atomic E-state index is 5.60. The molecule has 0 heterocycles. The number of nitrogens with two attached hydrogens (primary N) is 1. The first kappa shape index (κ1) is 10.9. The summed E-state index contributed by atoms with van der Waals surface area (Å²) in [5.74, 6) is 0. The molecule has 0 rings (SSSR count). The van der Waals surface area contributed by atoms with Gasteiger partial charge in [-0.1, -0.05) is 6.42 Å². The first-order valence-corrected chi connectivity index (χ1v) is 4.17. The van der Waals surface area contributed by atoms with Gasteiger partial charge in [0.2, 0.25) is 0 Å². The van der Waals surface area contributed by atoms with E-state index in [0.29, 0.717) is 6.04 Å². The fourth-order valence-corrected chi connectivity index (χ4v) is 0.892. The molecule has 0 aromatic heterocycles. The average molecular weight is 160 g/mol. The highest BCUT2D eigenvalue weighted by atomic mass is 16.7. The molecule has 68 valence electrons. The third-order valence-corrected chi connectivity index (χ3v) is 1.69. The van der Waals surface area contributed by atoms with Crippen LogP contribution in [-0.4, -0.2) is 31.8 Å². The zero-order valence-electron chi connectivity index (χ0n) is 7.84. The Hall–Kier alpha value is -0.120. The van der Waals surface area contributed by atoms with Gasteiger partial charge in [0.1, 0.15) is 0 Å². The second-order valence-corrected chi connectivity index (χ2v) is 3.01. The van der Waals surface area contributed by atoms with Crippen molar-refractivity contribution in [2.45, 2.75) is 32.2 Å². The van der Waals surface area contributed by atoms with Crippen molar-refractivity contribution in [3.8, 4) is 0 Å². The number of rotatable bonds is 6. The van der Waals surface area contributed by atoms with Crippen molar-refractivity contribution in [2.24, 2.45) is 5.73 Å². The van der Waals surface area contributed by atoms with E-state index in [-0.39, 0.29) is 0 Å². The van der Waals surface area contributed by atoms with E-state index in [4.69, 9.17) is 10.6 Å². The van der Waals surface area contributed by atoms with Gasteiger partial charge >= 0.3 is 0 Å². The second kappa shape index (κ2) is 6.58. The fourth-order valence-electron chi connectivity index (χ4n) is 0.892. The molecule has 11 heavy (non-hydrogen) atoms. The van der Waals surface area contributed by atoms with Gasteiger partial charge in [0, 0.05) is 19.6 Å². The lowest BCUT2D eigenvalue weighted by Gasteiger charge is -2.13. The Balaban J connectivity index is 3.01. The zero-order valence-corrected chi connectivity index (χ0v) is 7.84. The molecule has 0 aliphatic heterocycles. The molecule has 0 spiro atoms. The number of hydroxylamine groups is 2. The van der Waals surface area contributed by atoms with Gasteiger partial charge in [-0.3, -0.25) is 0 Å². The Morgan fingerprint density at radius 2 is 2.09 bits per heavy atom. The molecule has 1 unspecified atom stereocenters. The van der Waals surface area contributed by atoms with E-state index >= 15 is 0 Å². The molecule has 0 amide bonds. The Kier molecular flexibility index (Phi) is 6.51. The van der Waals surface area contributed by atoms with Crippen molar-refractivity contribution in [1.29, 1.82) is 0 Å². The van der Waals surface area contributed by atoms with Crippen LogP contribution >= 0.6 is 0 Å². The molecule has 3 heteroatoms. The predicted octanol–water partition coefficient (Wildman–Crippen LogP) is 0.997. The van der Waals surface area contributed by atoms with E-state index in [1.165, 1.54) is 6.42 Å². The maximum atomic E-state index is 5.60. The third-order valence-electron chi connectivity index (χ3n) is 1.69. The lowest BCUT2D eigenvalue weighted by molar-refractivity contribution is -0.109. The summed E-state index contributed by atoms with van der Waals surface area (Å²) in [6.07, 6.45) is 3.45. The van der Waals surface area contributed by atoms with E-state index in [1.54, 1.807) is 7.11 Å². The van der Waals surface area contributed by atoms with E-state index in [0.717, 1.165) is 19.4 Å². The summed E-state index contributed by atoms with van der Waals surface area (Å²) >= 11 is 0. The van der Waals surface area contributed by atoms with Gasteiger partial charge in [-0.15, -0.1) is 0 Å². The number of hydrogen-bond donors (Lipinski definition) is 1. The van der Waals surface area contributed by atoms with Crippen molar-refractivity contribution in [1.82, 2.24) is 5.06 Å². The predicted molar refractivity (Wildman–Crippen MR) is 47.1 cm³/mol. The van der Waals surface area contributed by atoms with E-state index < -0.39 is 0 Å². The molecule has 0 aliphatic rings. The maximum Gasteiger partial charge on any atom is 0.0575 e. The van der Waals surface area contributed by atoms with Gasteiger partial charge in [0.05, 0.1) is 7.11 Å². The van der Waals surface area contributed by atoms with Gasteiger partial charge in [-0.2, -0.15) is 5.06 Å². The van der Waals surface area contributed by atoms with Crippen molar-refractivity contribution in [2.75, 3.05) is 20.7 Å². The Morgan fingerprint density at radius 3 is 2.55 bits per heavy atom. The lowest BCUT2D eigenvalue weighted by Crippen LogP contribution is -2.19. The van der Waals surface area contributed by atoms with Gasteiger partial charge in [0.25, 0.3) is 0 Å². The highest BCUT2D eigenvalue weighted by Crippen LogP contribution is 1.99. The minimum Gasteiger partial charge on any atom is -0.328 e. The summed E-state index contributed by atoms with van der Waals surface area (Å²) < 4.78 is 0. The van der Waals surface area contributed by atoms with Crippen LogP contribution in [0.2, 0.25) is 0 Å². The third kappa shape index (κ3) is 7.78. The Morgan fingerprint density at radius 1 is 1.45 bits per heavy atom.